The minimum Gasteiger partial charge on any atom is -0.365 e. The van der Waals surface area contributed by atoms with Crippen LogP contribution in [0.25, 0.3) is 0 Å². The summed E-state index contributed by atoms with van der Waals surface area (Å²) in [6.45, 7) is 17.0. The minimum absolute atomic E-state index is 0.379. The molecule has 2 rings (SSSR count). The van der Waals surface area contributed by atoms with E-state index >= 15 is 0 Å². The molecular formula is C18H30BN2P. The maximum atomic E-state index is 2.46. The molecule has 1 aliphatic heterocycles. The van der Waals surface area contributed by atoms with Crippen molar-refractivity contribution in [2.45, 2.75) is 46.9 Å². The number of hydrogen-bond donors (Lipinski definition) is 0. The molecule has 0 radical (unpaired) electrons. The van der Waals surface area contributed by atoms with Crippen molar-refractivity contribution in [2.75, 3.05) is 24.7 Å². The summed E-state index contributed by atoms with van der Waals surface area (Å²) in [6, 6.07) is 4.56. The molecule has 0 amide bonds. The molecule has 0 aromatic heterocycles. The Kier molecular flexibility index (Phi) is 5.27. The Morgan fingerprint density at radius 2 is 1.68 bits per heavy atom. The van der Waals surface area contributed by atoms with Gasteiger partial charge in [-0.25, -0.2) is 0 Å². The van der Waals surface area contributed by atoms with Gasteiger partial charge in [-0.2, -0.15) is 8.46 Å². The fraction of sp³-hybridized carbons (Fsp3) is 0.556. The quantitative estimate of drug-likeness (QED) is 0.581. The molecule has 0 saturated heterocycles. The second-order valence-electron chi connectivity index (χ2n) is 7.64. The van der Waals surface area contributed by atoms with Gasteiger partial charge in [0.05, 0.1) is 6.67 Å². The molecular weight excluding hydrogens is 286 g/mol. The Hall–Kier alpha value is -0.945. The van der Waals surface area contributed by atoms with E-state index in [2.05, 4.69) is 82.5 Å². The Balaban J connectivity index is 2.10. The zero-order valence-corrected chi connectivity index (χ0v) is 16.2. The number of anilines is 1. The van der Waals surface area contributed by atoms with Crippen molar-refractivity contribution >= 4 is 20.6 Å². The van der Waals surface area contributed by atoms with Crippen LogP contribution in [0.3, 0.4) is 0 Å². The average Bonchev–Trinajstić information content (AvgIpc) is 2.81. The van der Waals surface area contributed by atoms with Crippen LogP contribution >= 0.6 is 8.46 Å². The lowest BCUT2D eigenvalue weighted by Crippen LogP contribution is -2.37. The van der Waals surface area contributed by atoms with E-state index in [0.29, 0.717) is 5.31 Å². The molecule has 4 heteroatoms. The zero-order chi connectivity index (χ0) is 16.5. The van der Waals surface area contributed by atoms with Gasteiger partial charge in [0.2, 0.25) is 0 Å². The summed E-state index contributed by atoms with van der Waals surface area (Å²) >= 11 is 0. The van der Waals surface area contributed by atoms with E-state index in [1.165, 1.54) is 22.4 Å². The van der Waals surface area contributed by atoms with Crippen LogP contribution < -0.4 is 4.90 Å². The Bertz CT molecular complexity index is 540. The van der Waals surface area contributed by atoms with Crippen LogP contribution in [-0.4, -0.2) is 31.1 Å². The topological polar surface area (TPSA) is 6.48 Å². The Labute approximate surface area is 138 Å². The van der Waals surface area contributed by atoms with E-state index in [4.69, 9.17) is 0 Å². The SMILES string of the molecule is CPB(CN1C=CN(c2c(C)cc(C)cc2C)C1)C(C)(C)C. The van der Waals surface area contributed by atoms with Crippen molar-refractivity contribution in [3.8, 4) is 0 Å². The number of benzene rings is 1. The third kappa shape index (κ3) is 3.87. The molecule has 1 aromatic rings. The van der Waals surface area contributed by atoms with E-state index in [1.54, 1.807) is 0 Å². The first kappa shape index (κ1) is 17.4. The molecule has 2 nitrogen and oxygen atoms in total. The molecule has 120 valence electrons. The summed E-state index contributed by atoms with van der Waals surface area (Å²) in [4.78, 5) is 4.85. The summed E-state index contributed by atoms with van der Waals surface area (Å²) in [5.74, 6) is 0. The number of aryl methyl sites for hydroxylation is 3. The molecule has 1 unspecified atom stereocenters. The van der Waals surface area contributed by atoms with Crippen molar-refractivity contribution in [3.63, 3.8) is 0 Å². The lowest BCUT2D eigenvalue weighted by atomic mass is 9.53. The van der Waals surface area contributed by atoms with Crippen LogP contribution in [0.4, 0.5) is 5.69 Å². The van der Waals surface area contributed by atoms with Gasteiger partial charge in [0.25, 0.3) is 0 Å². The lowest BCUT2D eigenvalue weighted by molar-refractivity contribution is 0.462. The summed E-state index contributed by atoms with van der Waals surface area (Å²) < 4.78 is 0. The van der Waals surface area contributed by atoms with E-state index in [1.807, 2.05) is 0 Å². The van der Waals surface area contributed by atoms with E-state index < -0.39 is 0 Å². The largest absolute Gasteiger partial charge is 0.365 e. The van der Waals surface area contributed by atoms with Crippen LogP contribution in [0.15, 0.2) is 24.5 Å². The van der Waals surface area contributed by atoms with Gasteiger partial charge in [-0.05, 0) is 31.9 Å². The van der Waals surface area contributed by atoms with E-state index in [0.717, 1.165) is 28.0 Å². The van der Waals surface area contributed by atoms with Gasteiger partial charge >= 0.3 is 0 Å². The summed E-state index contributed by atoms with van der Waals surface area (Å²) in [6.07, 6.45) is 6.40. The fourth-order valence-electron chi connectivity index (χ4n) is 3.39. The lowest BCUT2D eigenvalue weighted by Gasteiger charge is -2.31. The van der Waals surface area contributed by atoms with Gasteiger partial charge < -0.3 is 9.80 Å². The molecule has 0 spiro atoms. The predicted molar refractivity (Wildman–Crippen MR) is 104 cm³/mol. The second-order valence-corrected chi connectivity index (χ2v) is 8.91. The Morgan fingerprint density at radius 1 is 1.09 bits per heavy atom. The summed E-state index contributed by atoms with van der Waals surface area (Å²) in [5.41, 5.74) is 5.46. The highest BCUT2D eigenvalue weighted by molar-refractivity contribution is 7.76. The highest BCUT2D eigenvalue weighted by Crippen LogP contribution is 2.36. The molecule has 0 saturated carbocycles. The highest BCUT2D eigenvalue weighted by atomic mass is 31.1. The van der Waals surface area contributed by atoms with Crippen LogP contribution in [0.1, 0.15) is 37.5 Å². The highest BCUT2D eigenvalue weighted by Gasteiger charge is 2.30. The van der Waals surface area contributed by atoms with Gasteiger partial charge in [-0.15, -0.1) is 0 Å². The van der Waals surface area contributed by atoms with Gasteiger partial charge in [-0.3, -0.25) is 0 Å². The molecule has 1 heterocycles. The number of rotatable bonds is 4. The van der Waals surface area contributed by atoms with Crippen LogP contribution in [0.5, 0.6) is 0 Å². The van der Waals surface area contributed by atoms with Gasteiger partial charge in [0, 0.05) is 24.5 Å². The first-order valence-corrected chi connectivity index (χ1v) is 9.74. The van der Waals surface area contributed by atoms with Crippen LogP contribution in [0.2, 0.25) is 5.31 Å². The van der Waals surface area contributed by atoms with Gasteiger partial charge in [0.1, 0.15) is 0 Å². The van der Waals surface area contributed by atoms with E-state index in [-0.39, 0.29) is 0 Å². The van der Waals surface area contributed by atoms with E-state index in [9.17, 15) is 0 Å². The standard InChI is InChI=1S/C18H30BN2P/c1-14-10-15(2)17(16(3)11-14)21-9-8-20(13-21)12-19(22-7)18(4,5)6/h8-11,22H,12-13H2,1-7H3. The van der Waals surface area contributed by atoms with Crippen molar-refractivity contribution in [1.82, 2.24) is 4.90 Å². The monoisotopic (exact) mass is 316 g/mol. The molecule has 1 atom stereocenters. The predicted octanol–water partition coefficient (Wildman–Crippen LogP) is 4.80. The van der Waals surface area contributed by atoms with Gasteiger partial charge in [-0.1, -0.05) is 50.4 Å². The number of hydrogen-bond acceptors (Lipinski definition) is 2. The maximum Gasteiger partial charge on any atom is 0.194 e. The normalized spacial score (nSPS) is 15.4. The van der Waals surface area contributed by atoms with Gasteiger partial charge in [0.15, 0.2) is 6.43 Å². The molecule has 1 aromatic carbocycles. The molecule has 1 aliphatic rings. The van der Waals surface area contributed by atoms with Crippen LogP contribution in [-0.2, 0) is 0 Å². The molecule has 0 fully saturated rings. The molecule has 0 bridgehead atoms. The fourth-order valence-corrected chi connectivity index (χ4v) is 4.67. The number of nitrogens with zero attached hydrogens (tertiary/aromatic N) is 2. The molecule has 0 aliphatic carbocycles. The van der Waals surface area contributed by atoms with Crippen molar-refractivity contribution in [1.29, 1.82) is 0 Å². The molecule has 0 N–H and O–H groups in total. The smallest absolute Gasteiger partial charge is 0.194 e. The zero-order valence-electron chi connectivity index (χ0n) is 15.2. The van der Waals surface area contributed by atoms with Crippen molar-refractivity contribution in [3.05, 3.63) is 41.2 Å². The third-order valence-corrected chi connectivity index (χ3v) is 6.27. The van der Waals surface area contributed by atoms with Crippen molar-refractivity contribution in [2.24, 2.45) is 0 Å². The minimum atomic E-state index is 0.379. The first-order chi connectivity index (χ1) is 10.2. The first-order valence-electron chi connectivity index (χ1n) is 8.16. The summed E-state index contributed by atoms with van der Waals surface area (Å²) in [7, 11) is 0.985. The average molecular weight is 316 g/mol. The maximum absolute atomic E-state index is 2.46. The summed E-state index contributed by atoms with van der Waals surface area (Å²) in [5, 5.41) is 0.379. The Morgan fingerprint density at radius 3 is 2.18 bits per heavy atom. The van der Waals surface area contributed by atoms with Crippen LogP contribution in [0, 0.1) is 20.8 Å². The van der Waals surface area contributed by atoms with Crippen molar-refractivity contribution < 1.29 is 0 Å². The third-order valence-electron chi connectivity index (χ3n) is 4.52. The second kappa shape index (κ2) is 6.66. The molecule has 22 heavy (non-hydrogen) atoms.